The Labute approximate surface area is 223 Å². The highest BCUT2D eigenvalue weighted by Crippen LogP contribution is 2.28. The maximum Gasteiger partial charge on any atom is 0.326 e. The van der Waals surface area contributed by atoms with Crippen LogP contribution in [0.2, 0.25) is 0 Å². The number of carboxylic acids is 1. The molecule has 204 valence electrons. The lowest BCUT2D eigenvalue weighted by Crippen LogP contribution is -2.61. The van der Waals surface area contributed by atoms with E-state index in [9.17, 15) is 24.3 Å². The van der Waals surface area contributed by atoms with Crippen LogP contribution in [0.25, 0.3) is 0 Å². The Bertz CT molecular complexity index is 1010. The minimum atomic E-state index is -1.28. The molecule has 5 atom stereocenters. The number of hydrogen-bond donors (Lipinski definition) is 6. The van der Waals surface area contributed by atoms with Gasteiger partial charge in [-0.2, -0.15) is 12.6 Å². The van der Waals surface area contributed by atoms with Crippen LogP contribution in [0.3, 0.4) is 0 Å². The van der Waals surface area contributed by atoms with Crippen LogP contribution in [0, 0.1) is 5.41 Å². The lowest BCUT2D eigenvalue weighted by Gasteiger charge is -2.41. The molecule has 3 amide bonds. The monoisotopic (exact) mass is 533 g/mol. The number of nitrogens with one attached hydrogen (secondary N) is 3. The summed E-state index contributed by atoms with van der Waals surface area (Å²) < 4.78 is 0. The molecule has 3 rings (SSSR count). The molecule has 0 bridgehead atoms. The first-order valence-electron chi connectivity index (χ1n) is 12.7. The molecule has 6 N–H and O–H groups in total. The van der Waals surface area contributed by atoms with Gasteiger partial charge in [0.05, 0.1) is 6.04 Å². The fourth-order valence-electron chi connectivity index (χ4n) is 4.94. The highest BCUT2D eigenvalue weighted by Gasteiger charge is 2.42. The van der Waals surface area contributed by atoms with Crippen molar-refractivity contribution in [1.82, 2.24) is 20.9 Å². The molecule has 0 saturated carbocycles. The van der Waals surface area contributed by atoms with Crippen molar-refractivity contribution >= 4 is 36.3 Å². The summed E-state index contributed by atoms with van der Waals surface area (Å²) in [7, 11) is 0. The summed E-state index contributed by atoms with van der Waals surface area (Å²) >= 11 is 4.53. The summed E-state index contributed by atoms with van der Waals surface area (Å²) in [5.41, 5.74) is 6.61. The van der Waals surface area contributed by atoms with Crippen molar-refractivity contribution in [3.05, 3.63) is 35.4 Å². The van der Waals surface area contributed by atoms with E-state index in [1.54, 1.807) is 4.90 Å². The summed E-state index contributed by atoms with van der Waals surface area (Å²) in [6.45, 7) is 7.56. The molecule has 0 aliphatic carbocycles. The standard InChI is InChI=1S/C26H39N5O5S/c1-26(2,3)22(29-12-17-11-18(37)13-28-17)24(34)31-14-16-7-5-4-6-15(16)10-20(31)23(33)30-19(25(35)36)8-9-21(27)32/h4-7,17-20,22,28-29,37H,8-14H2,1-3H3,(H2,27,32)(H,30,33)(H,35,36)/t17-,18-,19-,20-,22+/m0/s1. The molecular weight excluding hydrogens is 494 g/mol. The Morgan fingerprint density at radius 1 is 1.22 bits per heavy atom. The molecule has 0 radical (unpaired) electrons. The van der Waals surface area contributed by atoms with Gasteiger partial charge in [0.15, 0.2) is 0 Å². The van der Waals surface area contributed by atoms with Gasteiger partial charge in [-0.15, -0.1) is 0 Å². The Hall–Kier alpha value is -2.63. The molecule has 0 unspecified atom stereocenters. The van der Waals surface area contributed by atoms with Crippen LogP contribution in [-0.4, -0.2) is 76.2 Å². The minimum absolute atomic E-state index is 0.125. The fourth-order valence-corrected chi connectivity index (χ4v) is 5.30. The van der Waals surface area contributed by atoms with E-state index < -0.39 is 41.3 Å². The number of nitrogens with two attached hydrogens (primary N) is 1. The van der Waals surface area contributed by atoms with Crippen molar-refractivity contribution in [2.24, 2.45) is 11.1 Å². The maximum absolute atomic E-state index is 14.0. The Morgan fingerprint density at radius 3 is 2.46 bits per heavy atom. The fraction of sp³-hybridized carbons (Fsp3) is 0.615. The number of benzene rings is 1. The molecule has 2 aliphatic rings. The molecule has 1 aromatic rings. The van der Waals surface area contributed by atoms with E-state index in [0.717, 1.165) is 24.1 Å². The van der Waals surface area contributed by atoms with Crippen molar-refractivity contribution in [3.8, 4) is 0 Å². The predicted molar refractivity (Wildman–Crippen MR) is 143 cm³/mol. The Balaban J connectivity index is 1.84. The van der Waals surface area contributed by atoms with E-state index in [1.165, 1.54) is 0 Å². The van der Waals surface area contributed by atoms with Crippen LogP contribution in [-0.2, 0) is 32.1 Å². The second-order valence-corrected chi connectivity index (χ2v) is 11.8. The third-order valence-corrected chi connectivity index (χ3v) is 7.40. The highest BCUT2D eigenvalue weighted by atomic mass is 32.1. The van der Waals surface area contributed by atoms with E-state index >= 15 is 0 Å². The number of nitrogens with zero attached hydrogens (tertiary/aromatic N) is 1. The van der Waals surface area contributed by atoms with Gasteiger partial charge < -0.3 is 31.7 Å². The van der Waals surface area contributed by atoms with Gasteiger partial charge in [-0.1, -0.05) is 45.0 Å². The topological polar surface area (TPSA) is 154 Å². The van der Waals surface area contributed by atoms with Crippen LogP contribution in [0.1, 0.15) is 51.2 Å². The molecule has 10 nitrogen and oxygen atoms in total. The lowest BCUT2D eigenvalue weighted by molar-refractivity contribution is -0.147. The molecule has 0 aromatic heterocycles. The minimum Gasteiger partial charge on any atom is -0.480 e. The Kier molecular flexibility index (Phi) is 9.60. The number of fused-ring (bicyclic) bond motifs is 1. The SMILES string of the molecule is CC(C)(C)[C@H](NC[C@@H]1C[C@H](S)CN1)C(=O)N1Cc2ccccc2C[C@H]1C(=O)N[C@@H](CCC(N)=O)C(=O)O. The van der Waals surface area contributed by atoms with Crippen LogP contribution in [0.4, 0.5) is 0 Å². The Morgan fingerprint density at radius 2 is 1.89 bits per heavy atom. The third-order valence-electron chi connectivity index (χ3n) is 7.01. The van der Waals surface area contributed by atoms with Gasteiger partial charge in [0.2, 0.25) is 17.7 Å². The van der Waals surface area contributed by atoms with Gasteiger partial charge in [-0.25, -0.2) is 4.79 Å². The summed E-state index contributed by atoms with van der Waals surface area (Å²) in [5.74, 6) is -2.69. The summed E-state index contributed by atoms with van der Waals surface area (Å²) in [6.07, 6.45) is 0.857. The van der Waals surface area contributed by atoms with Crippen molar-refractivity contribution in [2.75, 3.05) is 13.1 Å². The largest absolute Gasteiger partial charge is 0.480 e. The zero-order chi connectivity index (χ0) is 27.3. The third kappa shape index (κ3) is 7.68. The predicted octanol–water partition coefficient (Wildman–Crippen LogP) is 0.439. The van der Waals surface area contributed by atoms with E-state index in [2.05, 4.69) is 28.6 Å². The van der Waals surface area contributed by atoms with E-state index in [0.29, 0.717) is 6.54 Å². The molecule has 11 heteroatoms. The average molecular weight is 534 g/mol. The molecule has 1 saturated heterocycles. The molecule has 1 fully saturated rings. The van der Waals surface area contributed by atoms with Gasteiger partial charge in [0.1, 0.15) is 12.1 Å². The molecule has 37 heavy (non-hydrogen) atoms. The maximum atomic E-state index is 14.0. The smallest absolute Gasteiger partial charge is 0.326 e. The average Bonchev–Trinajstić information content (AvgIpc) is 3.24. The molecule has 2 aliphatic heterocycles. The molecule has 1 aromatic carbocycles. The van der Waals surface area contributed by atoms with E-state index in [4.69, 9.17) is 5.73 Å². The normalized spacial score (nSPS) is 23.1. The number of aliphatic carboxylic acids is 1. The van der Waals surface area contributed by atoms with E-state index in [-0.39, 0.29) is 43.0 Å². The summed E-state index contributed by atoms with van der Waals surface area (Å²) in [4.78, 5) is 52.0. The summed E-state index contributed by atoms with van der Waals surface area (Å²) in [6, 6.07) is 5.07. The van der Waals surface area contributed by atoms with E-state index in [1.807, 2.05) is 45.0 Å². The number of amides is 3. The van der Waals surface area contributed by atoms with Gasteiger partial charge in [-0.3, -0.25) is 14.4 Å². The summed E-state index contributed by atoms with van der Waals surface area (Å²) in [5, 5.41) is 19.2. The number of carboxylic acid groups (broad SMARTS) is 1. The highest BCUT2D eigenvalue weighted by molar-refractivity contribution is 7.81. The van der Waals surface area contributed by atoms with Gasteiger partial charge in [0, 0.05) is 43.8 Å². The van der Waals surface area contributed by atoms with Crippen LogP contribution < -0.4 is 21.7 Å². The first-order valence-corrected chi connectivity index (χ1v) is 13.2. The second kappa shape index (κ2) is 12.3. The quantitative estimate of drug-likeness (QED) is 0.239. The van der Waals surface area contributed by atoms with Gasteiger partial charge >= 0.3 is 5.97 Å². The number of hydrogen-bond acceptors (Lipinski definition) is 7. The zero-order valence-electron chi connectivity index (χ0n) is 21.7. The van der Waals surface area contributed by atoms with Crippen molar-refractivity contribution in [2.45, 2.75) is 82.4 Å². The van der Waals surface area contributed by atoms with Crippen LogP contribution >= 0.6 is 12.6 Å². The van der Waals surface area contributed by atoms with Crippen molar-refractivity contribution in [1.29, 1.82) is 0 Å². The number of thiol groups is 1. The number of carbonyl (C=O) groups is 4. The number of rotatable bonds is 10. The second-order valence-electron chi connectivity index (χ2n) is 11.1. The van der Waals surface area contributed by atoms with Gasteiger partial charge in [0.25, 0.3) is 0 Å². The van der Waals surface area contributed by atoms with Crippen LogP contribution in [0.15, 0.2) is 24.3 Å². The molecular formula is C26H39N5O5S. The van der Waals surface area contributed by atoms with Crippen LogP contribution in [0.5, 0.6) is 0 Å². The number of primary amides is 1. The van der Waals surface area contributed by atoms with Crippen molar-refractivity contribution in [3.63, 3.8) is 0 Å². The zero-order valence-corrected chi connectivity index (χ0v) is 22.6. The van der Waals surface area contributed by atoms with Crippen molar-refractivity contribution < 1.29 is 24.3 Å². The van der Waals surface area contributed by atoms with Gasteiger partial charge in [-0.05, 0) is 29.4 Å². The number of carbonyl (C=O) groups excluding carboxylic acids is 3. The molecule has 2 heterocycles. The lowest BCUT2D eigenvalue weighted by atomic mass is 9.84. The molecule has 0 spiro atoms. The first-order chi connectivity index (χ1) is 17.4. The first kappa shape index (κ1) is 28.9.